The number of esters is 1. The first-order valence-electron chi connectivity index (χ1n) is 6.92. The maximum absolute atomic E-state index is 12.0. The van der Waals surface area contributed by atoms with Gasteiger partial charge in [0.1, 0.15) is 0 Å². The molecule has 0 aromatic heterocycles. The topological polar surface area (TPSA) is 41.9 Å². The number of ether oxygens (including phenoxy) is 1. The van der Waals surface area contributed by atoms with Crippen molar-refractivity contribution in [2.24, 2.45) is 4.99 Å². The number of rotatable bonds is 5. The zero-order chi connectivity index (χ0) is 15.8. The molecule has 21 heavy (non-hydrogen) atoms. The van der Waals surface area contributed by atoms with Crippen molar-refractivity contribution < 1.29 is 9.53 Å². The van der Waals surface area contributed by atoms with E-state index in [1.54, 1.807) is 13.3 Å². The first-order chi connectivity index (χ1) is 9.99. The minimum Gasteiger partial charge on any atom is -0.449 e. The lowest BCUT2D eigenvalue weighted by Crippen LogP contribution is -2.14. The average Bonchev–Trinajstić information content (AvgIpc) is 2.47. The van der Waals surface area contributed by atoms with Crippen LogP contribution in [0.15, 0.2) is 17.1 Å². The molecule has 0 heterocycles. The van der Waals surface area contributed by atoms with Crippen LogP contribution in [-0.4, -0.2) is 37.4 Å². The third-order valence-electron chi connectivity index (χ3n) is 3.11. The van der Waals surface area contributed by atoms with Gasteiger partial charge in [-0.05, 0) is 51.0 Å². The summed E-state index contributed by atoms with van der Waals surface area (Å²) >= 11 is 0. The monoisotopic (exact) mass is 286 g/mol. The Bertz CT molecular complexity index is 595. The van der Waals surface area contributed by atoms with Crippen LogP contribution < -0.4 is 0 Å². The van der Waals surface area contributed by atoms with Crippen molar-refractivity contribution in [2.45, 2.75) is 27.7 Å². The molecule has 0 N–H and O–H groups in total. The lowest BCUT2D eigenvalue weighted by molar-refractivity contribution is 0.0556. The molecule has 112 valence electrons. The molecule has 4 nitrogen and oxygen atoms in total. The Balaban J connectivity index is 2.95. The van der Waals surface area contributed by atoms with Gasteiger partial charge in [-0.15, -0.1) is 5.92 Å². The molecular weight excluding hydrogens is 264 g/mol. The summed E-state index contributed by atoms with van der Waals surface area (Å²) < 4.78 is 5.10. The Labute approximate surface area is 126 Å². The molecule has 4 heteroatoms. The molecule has 0 spiro atoms. The van der Waals surface area contributed by atoms with Crippen LogP contribution in [-0.2, 0) is 4.74 Å². The molecule has 0 saturated carbocycles. The molecule has 0 aliphatic heterocycles. The molecule has 1 rings (SSSR count). The zero-order valence-corrected chi connectivity index (χ0v) is 13.4. The Morgan fingerprint density at radius 1 is 1.38 bits per heavy atom. The second kappa shape index (κ2) is 8.11. The molecule has 1 aromatic carbocycles. The van der Waals surface area contributed by atoms with Crippen molar-refractivity contribution in [3.05, 3.63) is 28.8 Å². The highest BCUT2D eigenvalue weighted by molar-refractivity contribution is 5.92. The van der Waals surface area contributed by atoms with Crippen molar-refractivity contribution >= 4 is 18.0 Å². The Kier molecular flexibility index (Phi) is 6.48. The highest BCUT2D eigenvalue weighted by Crippen LogP contribution is 2.23. The van der Waals surface area contributed by atoms with Crippen molar-refractivity contribution in [2.75, 3.05) is 20.2 Å². The van der Waals surface area contributed by atoms with Crippen LogP contribution in [0.25, 0.3) is 0 Å². The van der Waals surface area contributed by atoms with E-state index in [1.165, 1.54) is 0 Å². The van der Waals surface area contributed by atoms with Gasteiger partial charge in [-0.3, -0.25) is 0 Å². The van der Waals surface area contributed by atoms with E-state index in [9.17, 15) is 4.79 Å². The van der Waals surface area contributed by atoms with E-state index in [2.05, 4.69) is 23.8 Å². The molecule has 0 unspecified atom stereocenters. The van der Waals surface area contributed by atoms with Gasteiger partial charge in [-0.25, -0.2) is 9.79 Å². The van der Waals surface area contributed by atoms with Gasteiger partial charge in [0.25, 0.3) is 0 Å². The van der Waals surface area contributed by atoms with Gasteiger partial charge in [0.05, 0.1) is 17.6 Å². The Morgan fingerprint density at radius 2 is 2.10 bits per heavy atom. The number of benzene rings is 1. The third-order valence-corrected chi connectivity index (χ3v) is 3.11. The van der Waals surface area contributed by atoms with Crippen molar-refractivity contribution in [3.8, 4) is 11.8 Å². The second-order valence-corrected chi connectivity index (χ2v) is 4.77. The van der Waals surface area contributed by atoms with E-state index >= 15 is 0 Å². The number of hydrogen-bond acceptors (Lipinski definition) is 3. The molecule has 0 fully saturated rings. The van der Waals surface area contributed by atoms with Gasteiger partial charge >= 0.3 is 5.97 Å². The number of carbonyl (C=O) groups is 1. The lowest BCUT2D eigenvalue weighted by atomic mass is 10.0. The third kappa shape index (κ3) is 4.96. The second-order valence-electron chi connectivity index (χ2n) is 4.77. The van der Waals surface area contributed by atoms with E-state index in [4.69, 9.17) is 4.74 Å². The lowest BCUT2D eigenvalue weighted by Gasteiger charge is -2.11. The summed E-state index contributed by atoms with van der Waals surface area (Å²) in [5, 5.41) is 0. The maximum Gasteiger partial charge on any atom is 0.339 e. The molecule has 0 aliphatic carbocycles. The van der Waals surface area contributed by atoms with Crippen LogP contribution in [0, 0.1) is 25.7 Å². The summed E-state index contributed by atoms with van der Waals surface area (Å²) in [6.45, 7) is 8.59. The van der Waals surface area contributed by atoms with Gasteiger partial charge in [-0.1, -0.05) is 5.92 Å². The smallest absolute Gasteiger partial charge is 0.339 e. The number of carbonyl (C=O) groups excluding carboxylic acids is 1. The molecule has 0 atom stereocenters. The Hall–Kier alpha value is -2.28. The number of nitrogens with zero attached hydrogens (tertiary/aromatic N) is 2. The van der Waals surface area contributed by atoms with Crippen molar-refractivity contribution in [3.63, 3.8) is 0 Å². The van der Waals surface area contributed by atoms with E-state index in [-0.39, 0.29) is 12.6 Å². The fraction of sp³-hybridized carbons (Fsp3) is 0.412. The number of aryl methyl sites for hydroxylation is 2. The average molecular weight is 286 g/mol. The van der Waals surface area contributed by atoms with Gasteiger partial charge in [0.2, 0.25) is 0 Å². The predicted molar refractivity (Wildman–Crippen MR) is 86.1 cm³/mol. The van der Waals surface area contributed by atoms with E-state index in [1.807, 2.05) is 37.9 Å². The summed E-state index contributed by atoms with van der Waals surface area (Å²) in [7, 11) is 1.96. The van der Waals surface area contributed by atoms with Crippen LogP contribution in [0.5, 0.6) is 0 Å². The van der Waals surface area contributed by atoms with Crippen LogP contribution in [0.1, 0.15) is 35.3 Å². The van der Waals surface area contributed by atoms with Crippen molar-refractivity contribution in [1.82, 2.24) is 4.90 Å². The standard InChI is InChI=1S/C17H22N2O2/c1-6-8-9-21-17(20)15-10-14(4)16(11-13(15)3)18-12-19(5)7-2/h10-12H,7,9H2,1-5H3/b18-12+. The van der Waals surface area contributed by atoms with Crippen molar-refractivity contribution in [1.29, 1.82) is 0 Å². The minimum atomic E-state index is -0.348. The largest absolute Gasteiger partial charge is 0.449 e. The van der Waals surface area contributed by atoms with Crippen LogP contribution in [0.2, 0.25) is 0 Å². The Morgan fingerprint density at radius 3 is 2.71 bits per heavy atom. The van der Waals surface area contributed by atoms with Gasteiger partial charge in [-0.2, -0.15) is 0 Å². The maximum atomic E-state index is 12.0. The fourth-order valence-electron chi connectivity index (χ4n) is 1.65. The van der Waals surface area contributed by atoms with Gasteiger partial charge < -0.3 is 9.64 Å². The molecule has 0 bridgehead atoms. The molecule has 0 amide bonds. The van der Waals surface area contributed by atoms with Gasteiger partial charge in [0, 0.05) is 13.6 Å². The highest BCUT2D eigenvalue weighted by Gasteiger charge is 2.12. The molecule has 0 radical (unpaired) electrons. The van der Waals surface area contributed by atoms with Crippen LogP contribution in [0.3, 0.4) is 0 Å². The molecule has 1 aromatic rings. The molecule has 0 aliphatic rings. The number of aliphatic imine (C=N–C) groups is 1. The predicted octanol–water partition coefficient (Wildman–Crippen LogP) is 3.10. The van der Waals surface area contributed by atoms with Gasteiger partial charge in [0.15, 0.2) is 6.61 Å². The molecule has 0 saturated heterocycles. The summed E-state index contributed by atoms with van der Waals surface area (Å²) in [6.07, 6.45) is 1.79. The van der Waals surface area contributed by atoms with E-state index in [0.717, 1.165) is 23.4 Å². The first kappa shape index (κ1) is 16.8. The fourth-order valence-corrected chi connectivity index (χ4v) is 1.65. The summed E-state index contributed by atoms with van der Waals surface area (Å²) in [5.41, 5.74) is 3.21. The first-order valence-corrected chi connectivity index (χ1v) is 6.92. The normalized spacial score (nSPS) is 10.1. The van der Waals surface area contributed by atoms with E-state index < -0.39 is 0 Å². The van der Waals surface area contributed by atoms with Crippen LogP contribution >= 0.6 is 0 Å². The summed E-state index contributed by atoms with van der Waals surface area (Å²) in [6, 6.07) is 3.72. The molecular formula is C17H22N2O2. The highest BCUT2D eigenvalue weighted by atomic mass is 16.5. The quantitative estimate of drug-likeness (QED) is 0.361. The number of hydrogen-bond donors (Lipinski definition) is 0. The SMILES string of the molecule is CC#CCOC(=O)c1cc(C)c(/N=C/N(C)CC)cc1C. The minimum absolute atomic E-state index is 0.120. The summed E-state index contributed by atoms with van der Waals surface area (Å²) in [4.78, 5) is 18.4. The van der Waals surface area contributed by atoms with Crippen LogP contribution in [0.4, 0.5) is 5.69 Å². The summed E-state index contributed by atoms with van der Waals surface area (Å²) in [5.74, 6) is 5.06. The zero-order valence-electron chi connectivity index (χ0n) is 13.4. The van der Waals surface area contributed by atoms with E-state index in [0.29, 0.717) is 5.56 Å².